The fourth-order valence-corrected chi connectivity index (χ4v) is 2.77. The van der Waals surface area contributed by atoms with Crippen LogP contribution in [-0.2, 0) is 4.74 Å². The smallest absolute Gasteiger partial charge is 0.0474 e. The van der Waals surface area contributed by atoms with Crippen LogP contribution in [-0.4, -0.2) is 62.8 Å². The molecular weight excluding hydrogens is 208 g/mol. The van der Waals surface area contributed by atoms with Gasteiger partial charge < -0.3 is 15.0 Å². The standard InChI is InChI=1S/C11H24N2OS/c1-13(6-3-8-14-2)7-4-11-10-15-9-5-12-11/h11-12H,3-10H2,1-2H3. The molecule has 1 unspecified atom stereocenters. The summed E-state index contributed by atoms with van der Waals surface area (Å²) in [6.45, 7) is 4.40. The van der Waals surface area contributed by atoms with Gasteiger partial charge in [0.15, 0.2) is 0 Å². The molecule has 1 rings (SSSR count). The van der Waals surface area contributed by atoms with Gasteiger partial charge in [0.05, 0.1) is 0 Å². The molecule has 1 fully saturated rings. The predicted octanol–water partition coefficient (Wildman–Crippen LogP) is 1.05. The average molecular weight is 232 g/mol. The van der Waals surface area contributed by atoms with E-state index < -0.39 is 0 Å². The molecule has 1 aliphatic heterocycles. The van der Waals surface area contributed by atoms with Crippen LogP contribution in [0.25, 0.3) is 0 Å². The highest BCUT2D eigenvalue weighted by atomic mass is 32.2. The second kappa shape index (κ2) is 8.39. The Kier molecular flexibility index (Phi) is 7.44. The molecule has 0 bridgehead atoms. The van der Waals surface area contributed by atoms with E-state index in [1.165, 1.54) is 31.0 Å². The van der Waals surface area contributed by atoms with Gasteiger partial charge in [-0.1, -0.05) is 0 Å². The maximum Gasteiger partial charge on any atom is 0.0474 e. The van der Waals surface area contributed by atoms with Crippen molar-refractivity contribution in [1.29, 1.82) is 0 Å². The number of rotatable bonds is 7. The number of nitrogens with one attached hydrogen (secondary N) is 1. The van der Waals surface area contributed by atoms with Crippen molar-refractivity contribution in [2.45, 2.75) is 18.9 Å². The molecule has 4 heteroatoms. The van der Waals surface area contributed by atoms with Gasteiger partial charge in [0.1, 0.15) is 0 Å². The van der Waals surface area contributed by atoms with E-state index in [-0.39, 0.29) is 0 Å². The Morgan fingerprint density at radius 2 is 2.33 bits per heavy atom. The van der Waals surface area contributed by atoms with Crippen molar-refractivity contribution in [3.8, 4) is 0 Å². The molecule has 15 heavy (non-hydrogen) atoms. The molecule has 1 aliphatic rings. The molecule has 1 N–H and O–H groups in total. The largest absolute Gasteiger partial charge is 0.385 e. The van der Waals surface area contributed by atoms with Crippen molar-refractivity contribution >= 4 is 11.8 Å². The summed E-state index contributed by atoms with van der Waals surface area (Å²) in [5.41, 5.74) is 0. The molecule has 0 saturated carbocycles. The van der Waals surface area contributed by atoms with Gasteiger partial charge in [-0.2, -0.15) is 11.8 Å². The van der Waals surface area contributed by atoms with Crippen molar-refractivity contribution in [3.63, 3.8) is 0 Å². The number of ether oxygens (including phenoxy) is 1. The van der Waals surface area contributed by atoms with Gasteiger partial charge in [-0.05, 0) is 26.4 Å². The second-order valence-electron chi connectivity index (χ2n) is 4.16. The lowest BCUT2D eigenvalue weighted by Gasteiger charge is -2.25. The first-order chi connectivity index (χ1) is 7.33. The number of nitrogens with zero attached hydrogens (tertiary/aromatic N) is 1. The molecule has 0 radical (unpaired) electrons. The van der Waals surface area contributed by atoms with Crippen LogP contribution in [0.2, 0.25) is 0 Å². The molecular formula is C11H24N2OS. The highest BCUT2D eigenvalue weighted by molar-refractivity contribution is 7.99. The van der Waals surface area contributed by atoms with Crippen molar-refractivity contribution in [3.05, 3.63) is 0 Å². The van der Waals surface area contributed by atoms with E-state index in [2.05, 4.69) is 29.0 Å². The highest BCUT2D eigenvalue weighted by Crippen LogP contribution is 2.10. The lowest BCUT2D eigenvalue weighted by Crippen LogP contribution is -2.39. The topological polar surface area (TPSA) is 24.5 Å². The molecule has 0 aromatic rings. The molecule has 0 spiro atoms. The van der Waals surface area contributed by atoms with Crippen LogP contribution in [0.15, 0.2) is 0 Å². The molecule has 0 amide bonds. The molecule has 1 heterocycles. The zero-order chi connectivity index (χ0) is 10.9. The maximum atomic E-state index is 5.04. The Morgan fingerprint density at radius 1 is 1.47 bits per heavy atom. The Labute approximate surface area is 97.9 Å². The minimum absolute atomic E-state index is 0.730. The van der Waals surface area contributed by atoms with E-state index in [1.54, 1.807) is 7.11 Å². The summed E-state index contributed by atoms with van der Waals surface area (Å²) in [6.07, 6.45) is 2.41. The lowest BCUT2D eigenvalue weighted by atomic mass is 10.2. The summed E-state index contributed by atoms with van der Waals surface area (Å²) >= 11 is 2.08. The molecule has 0 aromatic heterocycles. The minimum atomic E-state index is 0.730. The van der Waals surface area contributed by atoms with Gasteiger partial charge in [0, 0.05) is 44.4 Å². The Hall–Kier alpha value is 0.230. The maximum absolute atomic E-state index is 5.04. The van der Waals surface area contributed by atoms with Crippen molar-refractivity contribution in [2.24, 2.45) is 0 Å². The van der Waals surface area contributed by atoms with Crippen molar-refractivity contribution < 1.29 is 4.74 Å². The van der Waals surface area contributed by atoms with E-state index in [0.29, 0.717) is 0 Å². The van der Waals surface area contributed by atoms with Crippen LogP contribution >= 0.6 is 11.8 Å². The summed E-state index contributed by atoms with van der Waals surface area (Å²) in [6, 6.07) is 0.730. The summed E-state index contributed by atoms with van der Waals surface area (Å²) in [7, 11) is 3.97. The third-order valence-corrected chi connectivity index (χ3v) is 3.88. The number of hydrogen-bond donors (Lipinski definition) is 1. The van der Waals surface area contributed by atoms with Crippen LogP contribution in [0.3, 0.4) is 0 Å². The Morgan fingerprint density at radius 3 is 3.00 bits per heavy atom. The van der Waals surface area contributed by atoms with Gasteiger partial charge >= 0.3 is 0 Å². The van der Waals surface area contributed by atoms with E-state index in [4.69, 9.17) is 4.74 Å². The molecule has 1 atom stereocenters. The normalized spacial score (nSPS) is 22.2. The molecule has 0 aliphatic carbocycles. The fraction of sp³-hybridized carbons (Fsp3) is 1.00. The molecule has 1 saturated heterocycles. The average Bonchev–Trinajstić information content (AvgIpc) is 2.28. The first kappa shape index (κ1) is 13.3. The second-order valence-corrected chi connectivity index (χ2v) is 5.31. The van der Waals surface area contributed by atoms with Gasteiger partial charge in [-0.25, -0.2) is 0 Å². The van der Waals surface area contributed by atoms with E-state index in [9.17, 15) is 0 Å². The predicted molar refractivity (Wildman–Crippen MR) is 67.7 cm³/mol. The Bertz CT molecular complexity index is 152. The lowest BCUT2D eigenvalue weighted by molar-refractivity contribution is 0.178. The first-order valence-corrected chi connectivity index (χ1v) is 6.97. The zero-order valence-corrected chi connectivity index (χ0v) is 10.8. The van der Waals surface area contributed by atoms with E-state index in [1.807, 2.05) is 0 Å². The molecule has 3 nitrogen and oxygen atoms in total. The summed E-state index contributed by atoms with van der Waals surface area (Å²) in [5.74, 6) is 2.56. The van der Waals surface area contributed by atoms with E-state index in [0.717, 1.165) is 25.6 Å². The van der Waals surface area contributed by atoms with Crippen LogP contribution in [0, 0.1) is 0 Å². The van der Waals surface area contributed by atoms with Gasteiger partial charge in [0.25, 0.3) is 0 Å². The van der Waals surface area contributed by atoms with Crippen molar-refractivity contribution in [2.75, 3.05) is 51.9 Å². The van der Waals surface area contributed by atoms with Gasteiger partial charge in [-0.3, -0.25) is 0 Å². The van der Waals surface area contributed by atoms with Gasteiger partial charge in [0.2, 0.25) is 0 Å². The highest BCUT2D eigenvalue weighted by Gasteiger charge is 2.12. The van der Waals surface area contributed by atoms with E-state index >= 15 is 0 Å². The summed E-state index contributed by atoms with van der Waals surface area (Å²) in [4.78, 5) is 2.40. The number of hydrogen-bond acceptors (Lipinski definition) is 4. The Balaban J connectivity index is 1.97. The minimum Gasteiger partial charge on any atom is -0.385 e. The number of methoxy groups -OCH3 is 1. The fourth-order valence-electron chi connectivity index (χ4n) is 1.77. The molecule has 0 aromatic carbocycles. The van der Waals surface area contributed by atoms with Crippen molar-refractivity contribution in [1.82, 2.24) is 10.2 Å². The first-order valence-electron chi connectivity index (χ1n) is 5.81. The summed E-state index contributed by atoms with van der Waals surface area (Å²) in [5, 5.41) is 3.57. The third kappa shape index (κ3) is 6.40. The van der Waals surface area contributed by atoms with Crippen LogP contribution in [0.1, 0.15) is 12.8 Å². The molecule has 90 valence electrons. The monoisotopic (exact) mass is 232 g/mol. The van der Waals surface area contributed by atoms with Crippen LogP contribution in [0.4, 0.5) is 0 Å². The van der Waals surface area contributed by atoms with Crippen LogP contribution < -0.4 is 5.32 Å². The zero-order valence-electron chi connectivity index (χ0n) is 10.00. The quantitative estimate of drug-likeness (QED) is 0.663. The number of thioether (sulfide) groups is 1. The van der Waals surface area contributed by atoms with Gasteiger partial charge in [-0.15, -0.1) is 0 Å². The SMILES string of the molecule is COCCCN(C)CCC1CSCCN1. The third-order valence-electron chi connectivity index (χ3n) is 2.75. The van der Waals surface area contributed by atoms with Crippen LogP contribution in [0.5, 0.6) is 0 Å². The summed E-state index contributed by atoms with van der Waals surface area (Å²) < 4.78 is 5.04.